The number of piperidine rings is 1. The normalized spacial score (nSPS) is 33.3. The number of amides is 2. The first-order chi connectivity index (χ1) is 14.6. The molecule has 31 heavy (non-hydrogen) atoms. The Labute approximate surface area is 183 Å². The molecule has 9 heteroatoms. The predicted molar refractivity (Wildman–Crippen MR) is 114 cm³/mol. The Morgan fingerprint density at radius 2 is 1.87 bits per heavy atom. The van der Waals surface area contributed by atoms with Gasteiger partial charge in [0.05, 0.1) is 10.5 Å². The Hall–Kier alpha value is -1.97. The molecule has 0 aliphatic carbocycles. The summed E-state index contributed by atoms with van der Waals surface area (Å²) < 4.78 is 35.2. The number of carbonyl (C=O) groups excluding carboxylic acids is 2. The minimum absolute atomic E-state index is 0.0224. The first-order valence-electron chi connectivity index (χ1n) is 11.0. The molecule has 0 saturated carbocycles. The van der Waals surface area contributed by atoms with Crippen molar-refractivity contribution in [3.05, 3.63) is 23.8 Å². The van der Waals surface area contributed by atoms with E-state index in [4.69, 9.17) is 4.74 Å². The van der Waals surface area contributed by atoms with Crippen molar-refractivity contribution >= 4 is 27.5 Å². The van der Waals surface area contributed by atoms with E-state index in [1.54, 1.807) is 46.3 Å². The van der Waals surface area contributed by atoms with Gasteiger partial charge in [0, 0.05) is 44.8 Å². The van der Waals surface area contributed by atoms with E-state index in [0.717, 1.165) is 24.1 Å². The maximum atomic E-state index is 13.7. The van der Waals surface area contributed by atoms with Crippen molar-refractivity contribution in [1.82, 2.24) is 9.21 Å². The largest absolute Gasteiger partial charge is 0.360 e. The van der Waals surface area contributed by atoms with E-state index in [-0.39, 0.29) is 23.9 Å². The molecule has 2 bridgehead atoms. The van der Waals surface area contributed by atoms with Crippen LogP contribution in [0, 0.1) is 0 Å². The van der Waals surface area contributed by atoms with Crippen molar-refractivity contribution in [2.45, 2.75) is 74.6 Å². The van der Waals surface area contributed by atoms with Gasteiger partial charge in [0.25, 0.3) is 5.91 Å². The number of anilines is 1. The quantitative estimate of drug-likeness (QED) is 0.686. The second kappa shape index (κ2) is 7.02. The molecule has 3 saturated heterocycles. The molecule has 0 N–H and O–H groups in total. The van der Waals surface area contributed by atoms with Gasteiger partial charge in [-0.2, -0.15) is 4.31 Å². The van der Waals surface area contributed by atoms with E-state index in [1.165, 1.54) is 6.92 Å². The lowest BCUT2D eigenvalue weighted by atomic mass is 9.85. The number of hydrogen-bond acceptors (Lipinski definition) is 5. The van der Waals surface area contributed by atoms with E-state index >= 15 is 0 Å². The van der Waals surface area contributed by atoms with Crippen LogP contribution in [0.5, 0.6) is 0 Å². The molecule has 0 aromatic heterocycles. The molecule has 2 amide bonds. The first kappa shape index (κ1) is 20.9. The van der Waals surface area contributed by atoms with Crippen molar-refractivity contribution < 1.29 is 22.7 Å². The highest BCUT2D eigenvalue weighted by Gasteiger charge is 2.56. The Bertz CT molecular complexity index is 1030. The van der Waals surface area contributed by atoms with Crippen LogP contribution in [-0.4, -0.2) is 73.4 Å². The van der Waals surface area contributed by atoms with Crippen LogP contribution in [-0.2, 0) is 30.8 Å². The minimum Gasteiger partial charge on any atom is -0.360 e. The van der Waals surface area contributed by atoms with Crippen LogP contribution >= 0.6 is 0 Å². The molecule has 4 heterocycles. The molecule has 1 spiro atoms. The average Bonchev–Trinajstić information content (AvgIpc) is 3.25. The number of ether oxygens (including phenoxy) is 1. The SMILES string of the molecule is CC(=O)N1CCc2cc(S(=O)(=O)N3C4CCC3CC3(C4)CN(C)C(=O)C(C)O3)ccc21. The third-order valence-corrected chi connectivity index (χ3v) is 9.35. The molecule has 168 valence electrons. The van der Waals surface area contributed by atoms with Gasteiger partial charge >= 0.3 is 0 Å². The Balaban J connectivity index is 1.42. The Morgan fingerprint density at radius 3 is 2.48 bits per heavy atom. The van der Waals surface area contributed by atoms with Gasteiger partial charge in [-0.05, 0) is 62.8 Å². The zero-order chi connectivity index (χ0) is 22.1. The second-order valence-corrected chi connectivity index (χ2v) is 11.3. The van der Waals surface area contributed by atoms with Crippen molar-refractivity contribution in [1.29, 1.82) is 0 Å². The first-order valence-corrected chi connectivity index (χ1v) is 12.4. The lowest BCUT2D eigenvalue weighted by Gasteiger charge is -2.50. The number of hydrogen-bond donors (Lipinski definition) is 0. The number of rotatable bonds is 2. The molecule has 3 fully saturated rings. The van der Waals surface area contributed by atoms with Crippen LogP contribution in [0.15, 0.2) is 23.1 Å². The fourth-order valence-electron chi connectivity index (χ4n) is 6.15. The number of nitrogens with zero attached hydrogens (tertiary/aromatic N) is 3. The van der Waals surface area contributed by atoms with Crippen molar-refractivity contribution in [3.63, 3.8) is 0 Å². The predicted octanol–water partition coefficient (Wildman–Crippen LogP) is 1.53. The third kappa shape index (κ3) is 3.20. The fourth-order valence-corrected chi connectivity index (χ4v) is 8.07. The summed E-state index contributed by atoms with van der Waals surface area (Å²) in [5.41, 5.74) is 1.24. The lowest BCUT2D eigenvalue weighted by molar-refractivity contribution is -0.189. The van der Waals surface area contributed by atoms with Crippen molar-refractivity contribution in [2.24, 2.45) is 0 Å². The Kier molecular flexibility index (Phi) is 4.73. The number of sulfonamides is 1. The number of carbonyl (C=O) groups is 2. The van der Waals surface area contributed by atoms with Gasteiger partial charge in [-0.1, -0.05) is 0 Å². The summed E-state index contributed by atoms with van der Waals surface area (Å²) in [6.45, 7) is 4.41. The zero-order valence-electron chi connectivity index (χ0n) is 18.2. The van der Waals surface area contributed by atoms with E-state index in [1.807, 2.05) is 0 Å². The summed E-state index contributed by atoms with van der Waals surface area (Å²) in [5.74, 6) is -0.0512. The van der Waals surface area contributed by atoms with Gasteiger partial charge in [0.15, 0.2) is 0 Å². The van der Waals surface area contributed by atoms with Crippen LogP contribution in [0.25, 0.3) is 0 Å². The van der Waals surface area contributed by atoms with Gasteiger partial charge in [-0.25, -0.2) is 8.42 Å². The number of benzene rings is 1. The molecule has 3 unspecified atom stereocenters. The van der Waals surface area contributed by atoms with E-state index in [9.17, 15) is 18.0 Å². The van der Waals surface area contributed by atoms with Crippen molar-refractivity contribution in [3.8, 4) is 0 Å². The highest BCUT2D eigenvalue weighted by Crippen LogP contribution is 2.47. The minimum atomic E-state index is -3.66. The van der Waals surface area contributed by atoms with Gasteiger partial charge in [-0.15, -0.1) is 0 Å². The maximum Gasteiger partial charge on any atom is 0.251 e. The fraction of sp³-hybridized carbons (Fsp3) is 0.636. The van der Waals surface area contributed by atoms with Gasteiger partial charge in [0.1, 0.15) is 6.10 Å². The monoisotopic (exact) mass is 447 g/mol. The van der Waals surface area contributed by atoms with E-state index in [0.29, 0.717) is 37.2 Å². The summed E-state index contributed by atoms with van der Waals surface area (Å²) in [6.07, 6.45) is 3.00. The van der Waals surface area contributed by atoms with Crippen LogP contribution in [0.1, 0.15) is 45.1 Å². The standard InChI is InChI=1S/C22H29N3O5S/c1-14-21(27)23(3)13-22(30-14)11-17-4-5-18(12-22)25(17)31(28,29)19-6-7-20-16(10-19)8-9-24(20)15(2)26/h6-7,10,14,17-18H,4-5,8-9,11-13H2,1-3H3. The second-order valence-electron chi connectivity index (χ2n) is 9.48. The molecule has 1 aromatic carbocycles. The summed E-state index contributed by atoms with van der Waals surface area (Å²) in [5, 5.41) is 0. The molecule has 5 rings (SSSR count). The van der Waals surface area contributed by atoms with Crippen LogP contribution in [0.3, 0.4) is 0 Å². The van der Waals surface area contributed by atoms with Gasteiger partial charge in [-0.3, -0.25) is 9.59 Å². The maximum absolute atomic E-state index is 13.7. The molecule has 1 aromatic rings. The highest BCUT2D eigenvalue weighted by atomic mass is 32.2. The molecule has 4 aliphatic heterocycles. The van der Waals surface area contributed by atoms with Gasteiger partial charge < -0.3 is 14.5 Å². The molecule has 0 radical (unpaired) electrons. The Morgan fingerprint density at radius 1 is 1.19 bits per heavy atom. The smallest absolute Gasteiger partial charge is 0.251 e. The highest BCUT2D eigenvalue weighted by molar-refractivity contribution is 7.89. The zero-order valence-corrected chi connectivity index (χ0v) is 19.0. The van der Waals surface area contributed by atoms with Crippen LogP contribution in [0.4, 0.5) is 5.69 Å². The molecular weight excluding hydrogens is 418 g/mol. The van der Waals surface area contributed by atoms with Crippen molar-refractivity contribution in [2.75, 3.05) is 25.0 Å². The molecule has 4 aliphatic rings. The van der Waals surface area contributed by atoms with E-state index in [2.05, 4.69) is 0 Å². The number of fused-ring (bicyclic) bond motifs is 3. The molecular formula is C22H29N3O5S. The van der Waals surface area contributed by atoms with Crippen LogP contribution in [0.2, 0.25) is 0 Å². The van der Waals surface area contributed by atoms with Gasteiger partial charge in [0.2, 0.25) is 15.9 Å². The molecule has 8 nitrogen and oxygen atoms in total. The topological polar surface area (TPSA) is 87.2 Å². The van der Waals surface area contributed by atoms with Crippen LogP contribution < -0.4 is 4.90 Å². The summed E-state index contributed by atoms with van der Waals surface area (Å²) in [4.78, 5) is 27.7. The summed E-state index contributed by atoms with van der Waals surface area (Å²) in [6, 6.07) is 4.88. The third-order valence-electron chi connectivity index (χ3n) is 7.35. The summed E-state index contributed by atoms with van der Waals surface area (Å²) >= 11 is 0. The number of likely N-dealkylation sites (N-methyl/N-ethyl adjacent to an activating group) is 1. The lowest BCUT2D eigenvalue weighted by Crippen LogP contribution is -2.63. The molecule has 3 atom stereocenters. The average molecular weight is 448 g/mol. The summed E-state index contributed by atoms with van der Waals surface area (Å²) in [7, 11) is -1.86. The van der Waals surface area contributed by atoms with E-state index < -0.39 is 21.7 Å². The number of morpholine rings is 1.